The predicted octanol–water partition coefficient (Wildman–Crippen LogP) is 3.48. The summed E-state index contributed by atoms with van der Waals surface area (Å²) in [5.74, 6) is 0. The summed E-state index contributed by atoms with van der Waals surface area (Å²) in [7, 11) is 0. The predicted molar refractivity (Wildman–Crippen MR) is 74.7 cm³/mol. The molecule has 2 heteroatoms. The third kappa shape index (κ3) is 4.39. The van der Waals surface area contributed by atoms with Crippen LogP contribution in [0.4, 0.5) is 5.69 Å². The van der Waals surface area contributed by atoms with E-state index >= 15 is 0 Å². The number of unbranched alkanes of at least 4 members (excludes halogenated alkanes) is 1. The summed E-state index contributed by atoms with van der Waals surface area (Å²) < 4.78 is 0. The van der Waals surface area contributed by atoms with Gasteiger partial charge < -0.3 is 10.4 Å². The molecule has 0 atom stereocenters. The maximum atomic E-state index is 8.74. The number of hydrogen-bond acceptors (Lipinski definition) is 2. The standard InChI is InChI=1S/C15H25NO/c1-12-7-8-13(15(2,3)4)11-14(12)16-9-5-6-10-17/h7-8,11,16-17H,5-6,9-10H2,1-4H3. The zero-order valence-electron chi connectivity index (χ0n) is 11.5. The molecule has 0 bridgehead atoms. The Morgan fingerprint density at radius 3 is 2.47 bits per heavy atom. The Kier molecular flexibility index (Phi) is 5.01. The molecule has 0 fully saturated rings. The summed E-state index contributed by atoms with van der Waals surface area (Å²) in [5.41, 5.74) is 4.04. The molecule has 0 aliphatic carbocycles. The Hall–Kier alpha value is -1.02. The highest BCUT2D eigenvalue weighted by atomic mass is 16.2. The average Bonchev–Trinajstić information content (AvgIpc) is 2.25. The summed E-state index contributed by atoms with van der Waals surface area (Å²) >= 11 is 0. The molecule has 0 aliphatic rings. The molecule has 2 N–H and O–H groups in total. The molecule has 1 rings (SSSR count). The van der Waals surface area contributed by atoms with E-state index in [-0.39, 0.29) is 12.0 Å². The first kappa shape index (κ1) is 14.0. The maximum Gasteiger partial charge on any atom is 0.0431 e. The van der Waals surface area contributed by atoms with Crippen molar-refractivity contribution >= 4 is 5.69 Å². The van der Waals surface area contributed by atoms with Gasteiger partial charge in [0, 0.05) is 18.8 Å². The van der Waals surface area contributed by atoms with Crippen molar-refractivity contribution in [2.75, 3.05) is 18.5 Å². The van der Waals surface area contributed by atoms with E-state index in [0.717, 1.165) is 19.4 Å². The van der Waals surface area contributed by atoms with Crippen molar-refractivity contribution in [1.29, 1.82) is 0 Å². The van der Waals surface area contributed by atoms with Gasteiger partial charge in [-0.05, 0) is 42.4 Å². The summed E-state index contributed by atoms with van der Waals surface area (Å²) in [6, 6.07) is 6.62. The van der Waals surface area contributed by atoms with E-state index in [1.807, 2.05) is 0 Å². The van der Waals surface area contributed by atoms with Gasteiger partial charge in [0.05, 0.1) is 0 Å². The Bertz CT molecular complexity index is 352. The van der Waals surface area contributed by atoms with Gasteiger partial charge >= 0.3 is 0 Å². The normalized spacial score (nSPS) is 11.6. The van der Waals surface area contributed by atoms with Crippen LogP contribution in [0.15, 0.2) is 18.2 Å². The monoisotopic (exact) mass is 235 g/mol. The fourth-order valence-electron chi connectivity index (χ4n) is 1.74. The van der Waals surface area contributed by atoms with E-state index in [1.165, 1.54) is 16.8 Å². The van der Waals surface area contributed by atoms with Crippen LogP contribution in [-0.2, 0) is 5.41 Å². The van der Waals surface area contributed by atoms with Crippen LogP contribution in [0.3, 0.4) is 0 Å². The average molecular weight is 235 g/mol. The lowest BCUT2D eigenvalue weighted by Crippen LogP contribution is -2.12. The molecule has 17 heavy (non-hydrogen) atoms. The number of rotatable bonds is 5. The van der Waals surface area contributed by atoms with Crippen molar-refractivity contribution in [2.45, 2.75) is 46.0 Å². The van der Waals surface area contributed by atoms with E-state index in [4.69, 9.17) is 5.11 Å². The quantitative estimate of drug-likeness (QED) is 0.766. The Morgan fingerprint density at radius 2 is 1.88 bits per heavy atom. The number of benzene rings is 1. The highest BCUT2D eigenvalue weighted by Gasteiger charge is 2.14. The molecular formula is C15H25NO. The summed E-state index contributed by atoms with van der Waals surface area (Å²) in [4.78, 5) is 0. The molecule has 0 saturated heterocycles. The number of aliphatic hydroxyl groups is 1. The first-order valence-corrected chi connectivity index (χ1v) is 6.41. The van der Waals surface area contributed by atoms with Crippen LogP contribution in [-0.4, -0.2) is 18.3 Å². The van der Waals surface area contributed by atoms with Crippen LogP contribution in [0.2, 0.25) is 0 Å². The molecule has 1 aromatic rings. The molecule has 0 spiro atoms. The largest absolute Gasteiger partial charge is 0.396 e. The molecule has 96 valence electrons. The molecule has 0 aromatic heterocycles. The SMILES string of the molecule is Cc1ccc(C(C)(C)C)cc1NCCCCO. The first-order chi connectivity index (χ1) is 7.95. The maximum absolute atomic E-state index is 8.74. The summed E-state index contributed by atoms with van der Waals surface area (Å²) in [5, 5.41) is 12.2. The van der Waals surface area contributed by atoms with Gasteiger partial charge in [-0.25, -0.2) is 0 Å². The number of aryl methyl sites for hydroxylation is 1. The highest BCUT2D eigenvalue weighted by molar-refractivity contribution is 5.53. The summed E-state index contributed by atoms with van der Waals surface area (Å²) in [6.45, 7) is 10.0. The number of anilines is 1. The zero-order chi connectivity index (χ0) is 12.9. The lowest BCUT2D eigenvalue weighted by Gasteiger charge is -2.21. The topological polar surface area (TPSA) is 32.3 Å². The molecule has 0 unspecified atom stereocenters. The lowest BCUT2D eigenvalue weighted by molar-refractivity contribution is 0.286. The second-order valence-corrected chi connectivity index (χ2v) is 5.64. The third-order valence-electron chi connectivity index (χ3n) is 3.00. The summed E-state index contributed by atoms with van der Waals surface area (Å²) in [6.07, 6.45) is 1.88. The van der Waals surface area contributed by atoms with Gasteiger partial charge in [0.25, 0.3) is 0 Å². The van der Waals surface area contributed by atoms with Gasteiger partial charge in [-0.3, -0.25) is 0 Å². The molecule has 0 aliphatic heterocycles. The van der Waals surface area contributed by atoms with Gasteiger partial charge in [0.2, 0.25) is 0 Å². The highest BCUT2D eigenvalue weighted by Crippen LogP contribution is 2.26. The molecular weight excluding hydrogens is 210 g/mol. The van der Waals surface area contributed by atoms with Gasteiger partial charge in [-0.2, -0.15) is 0 Å². The van der Waals surface area contributed by atoms with E-state index in [1.54, 1.807) is 0 Å². The minimum atomic E-state index is 0.190. The second kappa shape index (κ2) is 6.06. The van der Waals surface area contributed by atoms with Crippen LogP contribution in [0.25, 0.3) is 0 Å². The van der Waals surface area contributed by atoms with E-state index in [9.17, 15) is 0 Å². The van der Waals surface area contributed by atoms with Crippen molar-refractivity contribution in [2.24, 2.45) is 0 Å². The van der Waals surface area contributed by atoms with Crippen molar-refractivity contribution < 1.29 is 5.11 Å². The van der Waals surface area contributed by atoms with E-state index < -0.39 is 0 Å². The number of aliphatic hydroxyl groups excluding tert-OH is 1. The van der Waals surface area contributed by atoms with Gasteiger partial charge in [-0.15, -0.1) is 0 Å². The van der Waals surface area contributed by atoms with Crippen molar-refractivity contribution in [3.8, 4) is 0 Å². The second-order valence-electron chi connectivity index (χ2n) is 5.64. The smallest absolute Gasteiger partial charge is 0.0431 e. The van der Waals surface area contributed by atoms with Gasteiger partial charge in [0.1, 0.15) is 0 Å². The minimum absolute atomic E-state index is 0.190. The zero-order valence-corrected chi connectivity index (χ0v) is 11.5. The van der Waals surface area contributed by atoms with Crippen LogP contribution in [0.1, 0.15) is 44.7 Å². The first-order valence-electron chi connectivity index (χ1n) is 6.41. The van der Waals surface area contributed by atoms with Gasteiger partial charge in [-0.1, -0.05) is 32.9 Å². The van der Waals surface area contributed by atoms with E-state index in [2.05, 4.69) is 51.2 Å². The van der Waals surface area contributed by atoms with Crippen molar-refractivity contribution in [3.05, 3.63) is 29.3 Å². The van der Waals surface area contributed by atoms with Crippen molar-refractivity contribution in [1.82, 2.24) is 0 Å². The molecule has 0 saturated carbocycles. The number of nitrogens with one attached hydrogen (secondary N) is 1. The van der Waals surface area contributed by atoms with Crippen LogP contribution >= 0.6 is 0 Å². The Morgan fingerprint density at radius 1 is 1.18 bits per heavy atom. The molecule has 0 radical (unpaired) electrons. The minimum Gasteiger partial charge on any atom is -0.396 e. The third-order valence-corrected chi connectivity index (χ3v) is 3.00. The fourth-order valence-corrected chi connectivity index (χ4v) is 1.74. The fraction of sp³-hybridized carbons (Fsp3) is 0.600. The van der Waals surface area contributed by atoms with Crippen molar-refractivity contribution in [3.63, 3.8) is 0 Å². The molecule has 2 nitrogen and oxygen atoms in total. The Labute approximate surface area is 105 Å². The molecule has 0 heterocycles. The lowest BCUT2D eigenvalue weighted by atomic mass is 9.86. The van der Waals surface area contributed by atoms with Gasteiger partial charge in [0.15, 0.2) is 0 Å². The molecule has 0 amide bonds. The van der Waals surface area contributed by atoms with Crippen LogP contribution in [0.5, 0.6) is 0 Å². The number of hydrogen-bond donors (Lipinski definition) is 2. The van der Waals surface area contributed by atoms with E-state index in [0.29, 0.717) is 0 Å². The van der Waals surface area contributed by atoms with Crippen LogP contribution < -0.4 is 5.32 Å². The van der Waals surface area contributed by atoms with Crippen LogP contribution in [0, 0.1) is 6.92 Å². The molecule has 1 aromatic carbocycles. The Balaban J connectivity index is 2.70.